The molecule has 1 aromatic heterocycles. The minimum Gasteiger partial charge on any atom is -0.306 e. The summed E-state index contributed by atoms with van der Waals surface area (Å²) in [5, 5.41) is 0. The van der Waals surface area contributed by atoms with Crippen LogP contribution in [0.2, 0.25) is 0 Å². The van der Waals surface area contributed by atoms with Gasteiger partial charge in [0.1, 0.15) is 5.82 Å². The number of nitrogens with one attached hydrogen (secondary N) is 1. The van der Waals surface area contributed by atoms with E-state index in [0.717, 1.165) is 25.9 Å². The number of benzene rings is 1. The first kappa shape index (κ1) is 11.5. The van der Waals surface area contributed by atoms with Gasteiger partial charge in [-0.15, -0.1) is 0 Å². The van der Waals surface area contributed by atoms with Crippen molar-refractivity contribution in [2.24, 2.45) is 0 Å². The van der Waals surface area contributed by atoms with Crippen LogP contribution >= 0.6 is 0 Å². The molecule has 0 atom stereocenters. The topological polar surface area (TPSA) is 41.0 Å². The zero-order valence-electron chi connectivity index (χ0n) is 10.3. The molecule has 1 aromatic carbocycles. The standard InChI is InChI=1S/C13H16FN3O/c1-16-6-4-10(5-7-16)17-12-8-9(14)2-3-11(12)15-13(17)18/h2-3,8,10H,4-7H2,1H3,(H,15,18). The van der Waals surface area contributed by atoms with Crippen molar-refractivity contribution in [1.29, 1.82) is 0 Å². The summed E-state index contributed by atoms with van der Waals surface area (Å²) >= 11 is 0. The smallest absolute Gasteiger partial charge is 0.306 e. The third-order valence-electron chi connectivity index (χ3n) is 3.73. The first-order chi connectivity index (χ1) is 8.65. The van der Waals surface area contributed by atoms with Crippen molar-refractivity contribution in [3.8, 4) is 0 Å². The maximum absolute atomic E-state index is 13.3. The highest BCUT2D eigenvalue weighted by Crippen LogP contribution is 2.24. The largest absolute Gasteiger partial charge is 0.326 e. The Labute approximate surface area is 104 Å². The van der Waals surface area contributed by atoms with Crippen LogP contribution in [-0.4, -0.2) is 34.6 Å². The van der Waals surface area contributed by atoms with E-state index in [1.165, 1.54) is 12.1 Å². The molecule has 0 saturated carbocycles. The van der Waals surface area contributed by atoms with Crippen molar-refractivity contribution >= 4 is 11.0 Å². The lowest BCUT2D eigenvalue weighted by Crippen LogP contribution is -2.34. The monoisotopic (exact) mass is 249 g/mol. The Kier molecular flexibility index (Phi) is 2.70. The van der Waals surface area contributed by atoms with Crippen LogP contribution < -0.4 is 5.69 Å². The molecule has 1 fully saturated rings. The SMILES string of the molecule is CN1CCC(n2c(=O)[nH]c3ccc(F)cc32)CC1. The average molecular weight is 249 g/mol. The summed E-state index contributed by atoms with van der Waals surface area (Å²) in [4.78, 5) is 17.0. The van der Waals surface area contributed by atoms with E-state index in [0.29, 0.717) is 11.0 Å². The van der Waals surface area contributed by atoms with E-state index in [1.807, 2.05) is 0 Å². The van der Waals surface area contributed by atoms with E-state index in [2.05, 4.69) is 16.9 Å². The van der Waals surface area contributed by atoms with Crippen LogP contribution in [-0.2, 0) is 0 Å². The Bertz CT molecular complexity index is 623. The zero-order chi connectivity index (χ0) is 12.7. The van der Waals surface area contributed by atoms with Gasteiger partial charge in [0.05, 0.1) is 11.0 Å². The molecule has 4 nitrogen and oxygen atoms in total. The molecular formula is C13H16FN3O. The highest BCUT2D eigenvalue weighted by atomic mass is 19.1. The zero-order valence-corrected chi connectivity index (χ0v) is 10.3. The Morgan fingerprint density at radius 1 is 1.33 bits per heavy atom. The minimum atomic E-state index is -0.303. The molecule has 5 heteroatoms. The number of fused-ring (bicyclic) bond motifs is 1. The summed E-state index contributed by atoms with van der Waals surface area (Å²) in [7, 11) is 2.08. The first-order valence-electron chi connectivity index (χ1n) is 6.23. The average Bonchev–Trinajstić information content (AvgIpc) is 2.66. The fourth-order valence-electron chi connectivity index (χ4n) is 2.71. The lowest BCUT2D eigenvalue weighted by atomic mass is 10.1. The van der Waals surface area contributed by atoms with Crippen molar-refractivity contribution in [3.63, 3.8) is 0 Å². The lowest BCUT2D eigenvalue weighted by Gasteiger charge is -2.29. The molecule has 0 spiro atoms. The molecule has 1 saturated heterocycles. The predicted molar refractivity (Wildman–Crippen MR) is 68.3 cm³/mol. The van der Waals surface area contributed by atoms with E-state index in [9.17, 15) is 9.18 Å². The van der Waals surface area contributed by atoms with Gasteiger partial charge in [0.25, 0.3) is 0 Å². The normalized spacial score (nSPS) is 18.6. The van der Waals surface area contributed by atoms with Crippen LogP contribution in [0.5, 0.6) is 0 Å². The van der Waals surface area contributed by atoms with Crippen molar-refractivity contribution in [1.82, 2.24) is 14.5 Å². The number of imidazole rings is 1. The molecule has 1 aliphatic rings. The highest BCUT2D eigenvalue weighted by molar-refractivity contribution is 5.75. The second-order valence-corrected chi connectivity index (χ2v) is 5.00. The third kappa shape index (κ3) is 1.84. The number of H-pyrrole nitrogens is 1. The van der Waals surface area contributed by atoms with Crippen LogP contribution in [0, 0.1) is 5.82 Å². The van der Waals surface area contributed by atoms with Crippen molar-refractivity contribution in [3.05, 3.63) is 34.5 Å². The highest BCUT2D eigenvalue weighted by Gasteiger charge is 2.21. The fraction of sp³-hybridized carbons (Fsp3) is 0.462. The Morgan fingerprint density at radius 2 is 2.06 bits per heavy atom. The van der Waals surface area contributed by atoms with Gasteiger partial charge in [-0.2, -0.15) is 0 Å². The molecule has 2 aromatic rings. The quantitative estimate of drug-likeness (QED) is 0.836. The van der Waals surface area contributed by atoms with Crippen LogP contribution in [0.25, 0.3) is 11.0 Å². The first-order valence-corrected chi connectivity index (χ1v) is 6.23. The minimum absolute atomic E-state index is 0.134. The molecule has 0 bridgehead atoms. The number of piperidine rings is 1. The van der Waals surface area contributed by atoms with Gasteiger partial charge in [-0.3, -0.25) is 4.57 Å². The van der Waals surface area contributed by atoms with Crippen LogP contribution in [0.15, 0.2) is 23.0 Å². The Morgan fingerprint density at radius 3 is 2.78 bits per heavy atom. The summed E-state index contributed by atoms with van der Waals surface area (Å²) in [5.41, 5.74) is 1.25. The number of rotatable bonds is 1. The number of likely N-dealkylation sites (tertiary alicyclic amines) is 1. The Hall–Kier alpha value is -1.62. The summed E-state index contributed by atoms with van der Waals surface area (Å²) < 4.78 is 15.0. The molecule has 0 aliphatic carbocycles. The second kappa shape index (κ2) is 4.24. The number of aromatic nitrogens is 2. The van der Waals surface area contributed by atoms with Gasteiger partial charge in [0, 0.05) is 6.04 Å². The maximum Gasteiger partial charge on any atom is 0.326 e. The molecule has 3 rings (SSSR count). The van der Waals surface area contributed by atoms with E-state index < -0.39 is 0 Å². The molecule has 18 heavy (non-hydrogen) atoms. The molecule has 1 aliphatic heterocycles. The van der Waals surface area contributed by atoms with Gasteiger partial charge < -0.3 is 9.88 Å². The molecule has 0 radical (unpaired) electrons. The van der Waals surface area contributed by atoms with E-state index in [-0.39, 0.29) is 17.5 Å². The number of halogens is 1. The molecule has 0 unspecified atom stereocenters. The van der Waals surface area contributed by atoms with Crippen LogP contribution in [0.1, 0.15) is 18.9 Å². The van der Waals surface area contributed by atoms with Crippen molar-refractivity contribution in [2.45, 2.75) is 18.9 Å². The van der Waals surface area contributed by atoms with Crippen LogP contribution in [0.3, 0.4) is 0 Å². The fourth-order valence-corrected chi connectivity index (χ4v) is 2.71. The van der Waals surface area contributed by atoms with Crippen LogP contribution in [0.4, 0.5) is 4.39 Å². The number of aromatic amines is 1. The van der Waals surface area contributed by atoms with Crippen molar-refractivity contribution < 1.29 is 4.39 Å². The predicted octanol–water partition coefficient (Wildman–Crippen LogP) is 1.74. The molecule has 0 amide bonds. The number of hydrogen-bond donors (Lipinski definition) is 1. The molecular weight excluding hydrogens is 233 g/mol. The maximum atomic E-state index is 13.3. The molecule has 2 heterocycles. The molecule has 96 valence electrons. The van der Waals surface area contributed by atoms with Crippen molar-refractivity contribution in [2.75, 3.05) is 20.1 Å². The van der Waals surface area contributed by atoms with Gasteiger partial charge in [0.2, 0.25) is 0 Å². The Balaban J connectivity index is 2.08. The second-order valence-electron chi connectivity index (χ2n) is 5.00. The van der Waals surface area contributed by atoms with Gasteiger partial charge in [-0.1, -0.05) is 0 Å². The number of hydrogen-bond acceptors (Lipinski definition) is 2. The summed E-state index contributed by atoms with van der Waals surface area (Å²) in [6.45, 7) is 1.94. The van der Waals surface area contributed by atoms with E-state index in [1.54, 1.807) is 10.6 Å². The summed E-state index contributed by atoms with van der Waals surface area (Å²) in [6, 6.07) is 4.60. The molecule has 1 N–H and O–H groups in total. The summed E-state index contributed by atoms with van der Waals surface area (Å²) in [6.07, 6.45) is 1.86. The van der Waals surface area contributed by atoms with E-state index in [4.69, 9.17) is 0 Å². The third-order valence-corrected chi connectivity index (χ3v) is 3.73. The van der Waals surface area contributed by atoms with Gasteiger partial charge >= 0.3 is 5.69 Å². The number of nitrogens with zero attached hydrogens (tertiary/aromatic N) is 2. The van der Waals surface area contributed by atoms with Gasteiger partial charge in [0.15, 0.2) is 0 Å². The van der Waals surface area contributed by atoms with Gasteiger partial charge in [-0.25, -0.2) is 9.18 Å². The lowest BCUT2D eigenvalue weighted by molar-refractivity contribution is 0.221. The van der Waals surface area contributed by atoms with E-state index >= 15 is 0 Å². The van der Waals surface area contributed by atoms with Gasteiger partial charge in [-0.05, 0) is 51.2 Å². The summed E-state index contributed by atoms with van der Waals surface area (Å²) in [5.74, 6) is -0.303.